The summed E-state index contributed by atoms with van der Waals surface area (Å²) in [7, 11) is 1.65. The van der Waals surface area contributed by atoms with E-state index in [1.807, 2.05) is 29.2 Å². The van der Waals surface area contributed by atoms with Gasteiger partial charge in [-0.05, 0) is 18.2 Å². The minimum absolute atomic E-state index is 0.0749. The number of aromatic nitrogens is 4. The molecule has 0 bridgehead atoms. The zero-order chi connectivity index (χ0) is 19.7. The molecule has 1 saturated heterocycles. The Labute approximate surface area is 159 Å². The molecule has 0 unspecified atom stereocenters. The number of piperazine rings is 1. The summed E-state index contributed by atoms with van der Waals surface area (Å²) < 4.78 is 45.3. The average molecular weight is 392 g/mol. The van der Waals surface area contributed by atoms with Gasteiger partial charge in [0.15, 0.2) is 5.65 Å². The van der Waals surface area contributed by atoms with E-state index in [1.54, 1.807) is 13.2 Å². The summed E-state index contributed by atoms with van der Waals surface area (Å²) in [4.78, 5) is 4.26. The van der Waals surface area contributed by atoms with Crippen LogP contribution in [0.15, 0.2) is 36.4 Å². The number of rotatable bonds is 4. The molecule has 1 aromatic carbocycles. The zero-order valence-corrected chi connectivity index (χ0v) is 15.2. The van der Waals surface area contributed by atoms with Gasteiger partial charge in [-0.25, -0.2) is 0 Å². The van der Waals surface area contributed by atoms with Crippen molar-refractivity contribution in [2.45, 2.75) is 12.7 Å². The number of ether oxygens (including phenoxy) is 1. The maximum atomic E-state index is 13.1. The van der Waals surface area contributed by atoms with Crippen LogP contribution in [0, 0.1) is 0 Å². The van der Waals surface area contributed by atoms with Crippen LogP contribution < -0.4 is 9.64 Å². The molecule has 1 aliphatic heterocycles. The molecule has 0 spiro atoms. The Hall–Kier alpha value is -2.88. The Bertz CT molecular complexity index is 965. The minimum Gasteiger partial charge on any atom is -0.496 e. The van der Waals surface area contributed by atoms with Crippen LogP contribution in [0.25, 0.3) is 5.65 Å². The van der Waals surface area contributed by atoms with Crippen LogP contribution in [0.1, 0.15) is 11.4 Å². The van der Waals surface area contributed by atoms with Gasteiger partial charge in [-0.1, -0.05) is 18.2 Å². The van der Waals surface area contributed by atoms with Gasteiger partial charge in [0.2, 0.25) is 0 Å². The fourth-order valence-electron chi connectivity index (χ4n) is 3.33. The Morgan fingerprint density at radius 1 is 1.00 bits per heavy atom. The maximum absolute atomic E-state index is 13.1. The number of methoxy groups -OCH3 is 1. The lowest BCUT2D eigenvalue weighted by molar-refractivity contribution is -0.146. The molecule has 0 radical (unpaired) electrons. The Morgan fingerprint density at radius 2 is 1.75 bits per heavy atom. The van der Waals surface area contributed by atoms with E-state index in [-0.39, 0.29) is 5.65 Å². The highest BCUT2D eigenvalue weighted by Gasteiger charge is 2.37. The van der Waals surface area contributed by atoms with Crippen molar-refractivity contribution in [2.24, 2.45) is 0 Å². The molecule has 3 aromatic rings. The van der Waals surface area contributed by atoms with Crippen molar-refractivity contribution < 1.29 is 17.9 Å². The first kappa shape index (κ1) is 18.5. The molecular weight excluding hydrogens is 373 g/mol. The van der Waals surface area contributed by atoms with Gasteiger partial charge in [-0.3, -0.25) is 4.90 Å². The number of hydrogen-bond donors (Lipinski definition) is 0. The molecule has 3 heterocycles. The molecule has 0 aliphatic carbocycles. The predicted molar refractivity (Wildman–Crippen MR) is 96.3 cm³/mol. The number of anilines is 1. The SMILES string of the molecule is COc1ccccc1CN1CCN(c2ccc3nnc(C(F)(F)F)n3n2)CC1. The third kappa shape index (κ3) is 3.59. The van der Waals surface area contributed by atoms with Crippen LogP contribution in [-0.4, -0.2) is 58.0 Å². The van der Waals surface area contributed by atoms with Crippen LogP contribution in [-0.2, 0) is 12.7 Å². The highest BCUT2D eigenvalue weighted by atomic mass is 19.4. The second kappa shape index (κ2) is 7.27. The molecule has 10 heteroatoms. The molecule has 0 saturated carbocycles. The van der Waals surface area contributed by atoms with Crippen molar-refractivity contribution in [1.82, 2.24) is 24.7 Å². The molecule has 0 amide bonds. The summed E-state index contributed by atoms with van der Waals surface area (Å²) in [6.45, 7) is 3.63. The number of para-hydroxylation sites is 1. The van der Waals surface area contributed by atoms with Crippen molar-refractivity contribution in [3.63, 3.8) is 0 Å². The smallest absolute Gasteiger partial charge is 0.453 e. The Morgan fingerprint density at radius 3 is 2.46 bits per heavy atom. The molecular formula is C18H19F3N6O. The second-order valence-electron chi connectivity index (χ2n) is 6.56. The normalized spacial score (nSPS) is 15.9. The predicted octanol–water partition coefficient (Wildman–Crippen LogP) is 2.47. The highest BCUT2D eigenvalue weighted by molar-refractivity contribution is 5.46. The number of benzene rings is 1. The molecule has 4 rings (SSSR count). The molecule has 0 N–H and O–H groups in total. The number of hydrogen-bond acceptors (Lipinski definition) is 6. The average Bonchev–Trinajstić information content (AvgIpc) is 3.13. The van der Waals surface area contributed by atoms with Gasteiger partial charge in [0.05, 0.1) is 7.11 Å². The number of nitrogens with zero attached hydrogens (tertiary/aromatic N) is 6. The number of alkyl halides is 3. The number of fused-ring (bicyclic) bond motifs is 1. The van der Waals surface area contributed by atoms with E-state index in [4.69, 9.17) is 4.74 Å². The number of halogens is 3. The fraction of sp³-hybridized carbons (Fsp3) is 0.389. The molecule has 1 aliphatic rings. The van der Waals surface area contributed by atoms with Gasteiger partial charge >= 0.3 is 6.18 Å². The van der Waals surface area contributed by atoms with Gasteiger partial charge in [-0.2, -0.15) is 17.7 Å². The van der Waals surface area contributed by atoms with E-state index in [2.05, 4.69) is 20.2 Å². The largest absolute Gasteiger partial charge is 0.496 e. The van der Waals surface area contributed by atoms with Gasteiger partial charge in [0.1, 0.15) is 11.6 Å². The van der Waals surface area contributed by atoms with Crippen LogP contribution in [0.2, 0.25) is 0 Å². The summed E-state index contributed by atoms with van der Waals surface area (Å²) in [6.07, 6.45) is -4.60. The third-order valence-electron chi connectivity index (χ3n) is 4.79. The first-order valence-corrected chi connectivity index (χ1v) is 8.84. The lowest BCUT2D eigenvalue weighted by Gasteiger charge is -2.35. The lowest BCUT2D eigenvalue weighted by atomic mass is 10.1. The summed E-state index contributed by atoms with van der Waals surface area (Å²) in [5.41, 5.74) is 1.18. The van der Waals surface area contributed by atoms with E-state index < -0.39 is 12.0 Å². The standard InChI is InChI=1S/C18H19F3N6O/c1-28-14-5-3-2-4-13(14)12-25-8-10-26(11-9-25)16-7-6-15-22-23-17(18(19,20)21)27(15)24-16/h2-7H,8-12H2,1H3. The van der Waals surface area contributed by atoms with E-state index in [0.717, 1.165) is 35.5 Å². The van der Waals surface area contributed by atoms with Crippen LogP contribution in [0.3, 0.4) is 0 Å². The molecule has 2 aromatic heterocycles. The van der Waals surface area contributed by atoms with Gasteiger partial charge < -0.3 is 9.64 Å². The van der Waals surface area contributed by atoms with E-state index >= 15 is 0 Å². The van der Waals surface area contributed by atoms with Crippen molar-refractivity contribution in [3.8, 4) is 5.75 Å². The fourth-order valence-corrected chi connectivity index (χ4v) is 3.33. The maximum Gasteiger partial charge on any atom is 0.453 e. The van der Waals surface area contributed by atoms with E-state index in [0.29, 0.717) is 18.9 Å². The topological polar surface area (TPSA) is 58.8 Å². The van der Waals surface area contributed by atoms with Gasteiger partial charge in [0, 0.05) is 38.3 Å². The minimum atomic E-state index is -4.60. The monoisotopic (exact) mass is 392 g/mol. The Kier molecular flexibility index (Phi) is 4.80. The third-order valence-corrected chi connectivity index (χ3v) is 4.79. The van der Waals surface area contributed by atoms with E-state index in [1.165, 1.54) is 6.07 Å². The van der Waals surface area contributed by atoms with Crippen molar-refractivity contribution >= 4 is 11.5 Å². The zero-order valence-electron chi connectivity index (χ0n) is 15.2. The molecule has 28 heavy (non-hydrogen) atoms. The second-order valence-corrected chi connectivity index (χ2v) is 6.56. The lowest BCUT2D eigenvalue weighted by Crippen LogP contribution is -2.46. The van der Waals surface area contributed by atoms with Crippen molar-refractivity contribution in [2.75, 3.05) is 38.2 Å². The van der Waals surface area contributed by atoms with Gasteiger partial charge in [-0.15, -0.1) is 15.3 Å². The van der Waals surface area contributed by atoms with Crippen molar-refractivity contribution in [3.05, 3.63) is 47.8 Å². The first-order chi connectivity index (χ1) is 13.5. The molecule has 0 atom stereocenters. The first-order valence-electron chi connectivity index (χ1n) is 8.84. The summed E-state index contributed by atoms with van der Waals surface area (Å²) in [6, 6.07) is 11.1. The Balaban J connectivity index is 1.46. The molecule has 1 fully saturated rings. The van der Waals surface area contributed by atoms with Crippen LogP contribution in [0.5, 0.6) is 5.75 Å². The van der Waals surface area contributed by atoms with Crippen molar-refractivity contribution in [1.29, 1.82) is 0 Å². The van der Waals surface area contributed by atoms with Crippen LogP contribution in [0.4, 0.5) is 19.0 Å². The quantitative estimate of drug-likeness (QED) is 0.680. The van der Waals surface area contributed by atoms with Crippen LogP contribution >= 0.6 is 0 Å². The summed E-state index contributed by atoms with van der Waals surface area (Å²) in [5.74, 6) is 0.221. The summed E-state index contributed by atoms with van der Waals surface area (Å²) in [5, 5.41) is 10.9. The van der Waals surface area contributed by atoms with Gasteiger partial charge in [0.25, 0.3) is 5.82 Å². The molecule has 148 valence electrons. The summed E-state index contributed by atoms with van der Waals surface area (Å²) >= 11 is 0. The van der Waals surface area contributed by atoms with E-state index in [9.17, 15) is 13.2 Å². The molecule has 7 nitrogen and oxygen atoms in total. The highest BCUT2D eigenvalue weighted by Crippen LogP contribution is 2.28.